The van der Waals surface area contributed by atoms with Crippen molar-refractivity contribution >= 4 is 35.3 Å². The second-order valence-electron chi connectivity index (χ2n) is 5.49. The van der Waals surface area contributed by atoms with Crippen molar-refractivity contribution in [2.45, 2.75) is 19.9 Å². The number of nitrogens with one attached hydrogen (secondary N) is 1. The number of nitro groups is 1. The van der Waals surface area contributed by atoms with Gasteiger partial charge in [-0.25, -0.2) is 4.57 Å². The third-order valence-electron chi connectivity index (χ3n) is 3.30. The molecule has 0 fully saturated rings. The summed E-state index contributed by atoms with van der Waals surface area (Å²) in [5, 5.41) is 13.3. The van der Waals surface area contributed by atoms with Gasteiger partial charge in [-0.2, -0.15) is 5.09 Å². The van der Waals surface area contributed by atoms with Gasteiger partial charge in [0, 0.05) is 16.6 Å². The van der Waals surface area contributed by atoms with E-state index in [1.165, 1.54) is 31.2 Å². The van der Waals surface area contributed by atoms with Crippen molar-refractivity contribution in [2.24, 2.45) is 0 Å². The van der Waals surface area contributed by atoms with Crippen LogP contribution in [-0.4, -0.2) is 23.5 Å². The average molecular weight is 473 g/mol. The standard InChI is InChI=1S/C17H18BrN2O7P/c1-3-25-17(21)12(2)19-28(24,26-15-8-4-13(18)5-9-15)27-16-10-6-14(7-11-16)20(22)23/h4-12H,3H2,1-2H3,(H,19,24)/t12-,28?/m0/s1. The van der Waals surface area contributed by atoms with E-state index < -0.39 is 24.7 Å². The lowest BCUT2D eigenvalue weighted by Crippen LogP contribution is -2.35. The Morgan fingerprint density at radius 3 is 2.11 bits per heavy atom. The number of ether oxygens (including phenoxy) is 1. The van der Waals surface area contributed by atoms with Gasteiger partial charge in [0.15, 0.2) is 0 Å². The zero-order valence-corrected chi connectivity index (χ0v) is 17.5. The molecule has 0 saturated carbocycles. The minimum atomic E-state index is -4.09. The Balaban J connectivity index is 2.25. The molecule has 0 aromatic heterocycles. The predicted octanol–water partition coefficient (Wildman–Crippen LogP) is 4.46. The van der Waals surface area contributed by atoms with Crippen LogP contribution in [0, 0.1) is 10.1 Å². The van der Waals surface area contributed by atoms with Crippen molar-refractivity contribution in [3.05, 3.63) is 63.1 Å². The van der Waals surface area contributed by atoms with Crippen LogP contribution in [0.15, 0.2) is 53.0 Å². The molecule has 0 saturated heterocycles. The Kier molecular flexibility index (Phi) is 7.56. The zero-order valence-electron chi connectivity index (χ0n) is 15.0. The summed E-state index contributed by atoms with van der Waals surface area (Å²) in [6.45, 7) is 3.26. The van der Waals surface area contributed by atoms with Crippen molar-refractivity contribution < 1.29 is 28.1 Å². The first-order valence-electron chi connectivity index (χ1n) is 8.16. The summed E-state index contributed by atoms with van der Waals surface area (Å²) in [7, 11) is -4.09. The van der Waals surface area contributed by atoms with E-state index >= 15 is 0 Å². The summed E-state index contributed by atoms with van der Waals surface area (Å²) in [4.78, 5) is 22.1. The molecular weight excluding hydrogens is 455 g/mol. The highest BCUT2D eigenvalue weighted by Crippen LogP contribution is 2.45. The number of hydrogen-bond donors (Lipinski definition) is 1. The molecule has 2 aromatic carbocycles. The van der Waals surface area contributed by atoms with Crippen LogP contribution in [0.4, 0.5) is 5.69 Å². The van der Waals surface area contributed by atoms with Crippen molar-refractivity contribution in [3.63, 3.8) is 0 Å². The molecule has 1 N–H and O–H groups in total. The Labute approximate surface area is 169 Å². The highest BCUT2D eigenvalue weighted by Gasteiger charge is 2.33. The van der Waals surface area contributed by atoms with Gasteiger partial charge in [-0.15, -0.1) is 0 Å². The molecule has 2 rings (SSSR count). The smallest absolute Gasteiger partial charge is 0.465 e. The lowest BCUT2D eigenvalue weighted by atomic mass is 10.3. The molecule has 0 aliphatic carbocycles. The number of non-ortho nitro benzene ring substituents is 1. The van der Waals surface area contributed by atoms with Crippen LogP contribution >= 0.6 is 23.7 Å². The fraction of sp³-hybridized carbons (Fsp3) is 0.235. The molecule has 2 atom stereocenters. The molecule has 0 radical (unpaired) electrons. The first-order valence-corrected chi connectivity index (χ1v) is 10.5. The largest absolute Gasteiger partial charge is 0.513 e. The molecule has 9 nitrogen and oxygen atoms in total. The Morgan fingerprint density at radius 2 is 1.64 bits per heavy atom. The number of rotatable bonds is 9. The lowest BCUT2D eigenvalue weighted by molar-refractivity contribution is -0.384. The molecule has 0 bridgehead atoms. The third kappa shape index (κ3) is 6.33. The molecule has 2 aromatic rings. The van der Waals surface area contributed by atoms with Crippen LogP contribution in [0.2, 0.25) is 0 Å². The highest BCUT2D eigenvalue weighted by atomic mass is 79.9. The molecule has 1 unspecified atom stereocenters. The normalized spacial score (nSPS) is 13.8. The molecule has 0 aliphatic rings. The summed E-state index contributed by atoms with van der Waals surface area (Å²) >= 11 is 3.29. The number of halogens is 1. The summed E-state index contributed by atoms with van der Waals surface area (Å²) in [6, 6.07) is 10.5. The van der Waals surface area contributed by atoms with Crippen LogP contribution < -0.4 is 14.1 Å². The van der Waals surface area contributed by atoms with Crippen LogP contribution in [-0.2, 0) is 14.1 Å². The second kappa shape index (κ2) is 9.68. The average Bonchev–Trinajstić information content (AvgIpc) is 2.64. The topological polar surface area (TPSA) is 117 Å². The first-order chi connectivity index (χ1) is 13.2. The maximum absolute atomic E-state index is 13.3. The zero-order chi connectivity index (χ0) is 20.7. The predicted molar refractivity (Wildman–Crippen MR) is 105 cm³/mol. The Bertz CT molecular complexity index is 874. The molecule has 0 aliphatic heterocycles. The van der Waals surface area contributed by atoms with Gasteiger partial charge in [-0.1, -0.05) is 15.9 Å². The summed E-state index contributed by atoms with van der Waals surface area (Å²) in [5.41, 5.74) is -0.149. The summed E-state index contributed by atoms with van der Waals surface area (Å²) in [6.07, 6.45) is 0. The maximum atomic E-state index is 13.3. The number of nitro benzene ring substituents is 1. The van der Waals surface area contributed by atoms with Crippen LogP contribution in [0.3, 0.4) is 0 Å². The van der Waals surface area contributed by atoms with Gasteiger partial charge in [0.1, 0.15) is 17.5 Å². The third-order valence-corrected chi connectivity index (χ3v) is 5.44. The fourth-order valence-electron chi connectivity index (χ4n) is 2.03. The second-order valence-corrected chi connectivity index (χ2v) is 8.02. The van der Waals surface area contributed by atoms with E-state index in [-0.39, 0.29) is 23.8 Å². The van der Waals surface area contributed by atoms with E-state index in [2.05, 4.69) is 21.0 Å². The SMILES string of the molecule is CCOC(=O)[C@H](C)NP(=O)(Oc1ccc(Br)cc1)Oc1ccc([N+](=O)[O-])cc1. The Hall–Kier alpha value is -2.42. The van der Waals surface area contributed by atoms with Gasteiger partial charge in [-0.3, -0.25) is 14.9 Å². The molecule has 28 heavy (non-hydrogen) atoms. The number of carbonyl (C=O) groups excluding carboxylic acids is 1. The van der Waals surface area contributed by atoms with E-state index in [1.54, 1.807) is 31.2 Å². The number of carbonyl (C=O) groups is 1. The number of benzene rings is 2. The highest BCUT2D eigenvalue weighted by molar-refractivity contribution is 9.10. The van der Waals surface area contributed by atoms with Gasteiger partial charge < -0.3 is 13.8 Å². The van der Waals surface area contributed by atoms with Gasteiger partial charge in [-0.05, 0) is 50.2 Å². The quantitative estimate of drug-likeness (QED) is 0.246. The molecule has 11 heteroatoms. The van der Waals surface area contributed by atoms with Crippen LogP contribution in [0.5, 0.6) is 11.5 Å². The van der Waals surface area contributed by atoms with E-state index in [4.69, 9.17) is 13.8 Å². The lowest BCUT2D eigenvalue weighted by Gasteiger charge is -2.23. The number of nitrogens with zero attached hydrogens (tertiary/aromatic N) is 1. The Morgan fingerprint density at radius 1 is 1.14 bits per heavy atom. The monoisotopic (exact) mass is 472 g/mol. The molecule has 150 valence electrons. The van der Waals surface area contributed by atoms with Gasteiger partial charge in [0.25, 0.3) is 5.69 Å². The van der Waals surface area contributed by atoms with Crippen LogP contribution in [0.1, 0.15) is 13.8 Å². The maximum Gasteiger partial charge on any atom is 0.513 e. The number of esters is 1. The van der Waals surface area contributed by atoms with E-state index in [0.717, 1.165) is 4.47 Å². The van der Waals surface area contributed by atoms with E-state index in [1.807, 2.05) is 0 Å². The first kappa shape index (κ1) is 21.9. The van der Waals surface area contributed by atoms with Crippen molar-refractivity contribution in [3.8, 4) is 11.5 Å². The van der Waals surface area contributed by atoms with Gasteiger partial charge >= 0.3 is 13.7 Å². The molecular formula is C17H18BrN2O7P. The van der Waals surface area contributed by atoms with Crippen molar-refractivity contribution in [1.29, 1.82) is 0 Å². The van der Waals surface area contributed by atoms with Crippen molar-refractivity contribution in [1.82, 2.24) is 5.09 Å². The van der Waals surface area contributed by atoms with Gasteiger partial charge in [0.2, 0.25) is 0 Å². The van der Waals surface area contributed by atoms with Crippen molar-refractivity contribution in [2.75, 3.05) is 6.61 Å². The minimum Gasteiger partial charge on any atom is -0.465 e. The van der Waals surface area contributed by atoms with Crippen LogP contribution in [0.25, 0.3) is 0 Å². The molecule has 0 amide bonds. The fourth-order valence-corrected chi connectivity index (χ4v) is 3.82. The van der Waals surface area contributed by atoms with Gasteiger partial charge in [0.05, 0.1) is 11.5 Å². The summed E-state index contributed by atoms with van der Waals surface area (Å²) < 4.78 is 29.9. The summed E-state index contributed by atoms with van der Waals surface area (Å²) in [5.74, 6) is -0.332. The molecule has 0 heterocycles. The van der Waals surface area contributed by atoms with E-state index in [0.29, 0.717) is 0 Å². The number of hydrogen-bond acceptors (Lipinski definition) is 7. The molecule has 0 spiro atoms. The van der Waals surface area contributed by atoms with E-state index in [9.17, 15) is 19.5 Å². The minimum absolute atomic E-state index is 0.0644.